The molecule has 3 N–H and O–H groups in total. The summed E-state index contributed by atoms with van der Waals surface area (Å²) >= 11 is 0. The van der Waals surface area contributed by atoms with Gasteiger partial charge in [-0.1, -0.05) is 85.7 Å². The van der Waals surface area contributed by atoms with Crippen LogP contribution in [0, 0.1) is 34.5 Å². The number of carbonyl (C=O) groups is 2. The number of unbranched alkanes of at least 4 members (excludes halogenated alkanes) is 3. The van der Waals surface area contributed by atoms with Crippen LogP contribution in [0.25, 0.3) is 0 Å². The lowest BCUT2D eigenvalue weighted by Gasteiger charge is -2.37. The number of nitriles is 2. The number of benzene rings is 3. The molecule has 6 rings (SSSR count). The van der Waals surface area contributed by atoms with E-state index >= 15 is 0 Å². The number of nitrogens with one attached hydrogen (secondary N) is 2. The zero-order valence-electron chi connectivity index (χ0n) is 35.6. The molecule has 0 aliphatic carbocycles. The van der Waals surface area contributed by atoms with Gasteiger partial charge in [-0.25, -0.2) is 0 Å². The largest absolute Gasteiger partial charge is 0.508 e. The van der Waals surface area contributed by atoms with E-state index in [2.05, 4.69) is 33.8 Å². The summed E-state index contributed by atoms with van der Waals surface area (Å²) in [5.74, 6) is 0.267. The number of nitrogens with zero attached hydrogens (tertiary/aromatic N) is 3. The minimum atomic E-state index is -0.617. The van der Waals surface area contributed by atoms with Crippen molar-refractivity contribution >= 4 is 11.8 Å². The molecular weight excluding hydrogens is 795 g/mol. The second kappa shape index (κ2) is 25.1. The predicted molar refractivity (Wildman–Crippen MR) is 237 cm³/mol. The van der Waals surface area contributed by atoms with E-state index in [-0.39, 0.29) is 35.5 Å². The number of hydrogen-bond donors (Lipinski definition) is 3. The molecule has 6 atom stereocenters. The van der Waals surface area contributed by atoms with Crippen LogP contribution in [-0.2, 0) is 28.5 Å². The summed E-state index contributed by atoms with van der Waals surface area (Å²) in [7, 11) is 0. The Bertz CT molecular complexity index is 2180. The van der Waals surface area contributed by atoms with Crippen LogP contribution in [0.4, 0.5) is 0 Å². The number of para-hydroxylation sites is 1. The summed E-state index contributed by atoms with van der Waals surface area (Å²) in [5.41, 5.74) is 4.50. The fraction of sp³-hybridized carbons (Fsp3) is 0.392. The normalized spacial score (nSPS) is 21.1. The molecule has 3 heterocycles. The van der Waals surface area contributed by atoms with Gasteiger partial charge in [0.15, 0.2) is 12.6 Å². The average molecular weight is 852 g/mol. The Kier molecular flexibility index (Phi) is 18.5. The van der Waals surface area contributed by atoms with Crippen molar-refractivity contribution in [3.8, 4) is 17.9 Å². The van der Waals surface area contributed by atoms with E-state index in [9.17, 15) is 14.7 Å². The summed E-state index contributed by atoms with van der Waals surface area (Å²) in [6, 6.07) is 29.7. The SMILES string of the molecule is N#Cc1ccc([C@H]2OC[C@@H](C/C=C\CCC(=O)NCCCCCCNC(=O)CC/C=C\C[C@@H]3CO[C@H](c4ccc(C#N)cc4)O[C@@H]3c3ccccc3O)[C@@H](c3cccnc3)O2)cc1. The quantitative estimate of drug-likeness (QED) is 0.0541. The molecule has 2 aliphatic heterocycles. The third-order valence-electron chi connectivity index (χ3n) is 11.2. The minimum Gasteiger partial charge on any atom is -0.508 e. The van der Waals surface area contributed by atoms with Crippen molar-refractivity contribution in [1.29, 1.82) is 10.5 Å². The van der Waals surface area contributed by atoms with E-state index in [1.807, 2.05) is 73.0 Å². The molecule has 328 valence electrons. The van der Waals surface area contributed by atoms with Gasteiger partial charge in [0.25, 0.3) is 0 Å². The van der Waals surface area contributed by atoms with Crippen molar-refractivity contribution in [3.63, 3.8) is 0 Å². The Balaban J connectivity index is 0.797. The lowest BCUT2D eigenvalue weighted by molar-refractivity contribution is -0.244. The van der Waals surface area contributed by atoms with Crippen LogP contribution in [0.1, 0.15) is 122 Å². The van der Waals surface area contributed by atoms with Gasteiger partial charge in [0, 0.05) is 66.9 Å². The first-order valence-corrected chi connectivity index (χ1v) is 22.0. The van der Waals surface area contributed by atoms with Gasteiger partial charge in [0.05, 0.1) is 48.7 Å². The first kappa shape index (κ1) is 46.4. The highest BCUT2D eigenvalue weighted by Gasteiger charge is 2.35. The van der Waals surface area contributed by atoms with Crippen molar-refractivity contribution in [2.45, 2.75) is 89.0 Å². The summed E-state index contributed by atoms with van der Waals surface area (Å²) < 4.78 is 25.0. The number of ether oxygens (including phenoxy) is 4. The van der Waals surface area contributed by atoms with Crippen molar-refractivity contribution in [1.82, 2.24) is 15.6 Å². The maximum Gasteiger partial charge on any atom is 0.220 e. The smallest absolute Gasteiger partial charge is 0.220 e. The van der Waals surface area contributed by atoms with Gasteiger partial charge in [-0.3, -0.25) is 14.6 Å². The molecule has 2 saturated heterocycles. The highest BCUT2D eigenvalue weighted by Crippen LogP contribution is 2.43. The molecule has 2 fully saturated rings. The maximum absolute atomic E-state index is 12.5. The Hall–Kier alpha value is -6.15. The lowest BCUT2D eigenvalue weighted by atomic mass is 9.91. The van der Waals surface area contributed by atoms with E-state index in [1.165, 1.54) is 0 Å². The van der Waals surface area contributed by atoms with Gasteiger partial charge in [0.1, 0.15) is 5.75 Å². The van der Waals surface area contributed by atoms with Crippen molar-refractivity contribution in [2.75, 3.05) is 26.3 Å². The molecule has 0 saturated carbocycles. The standard InChI is InChI=1S/C51H57N5O7/c52-32-37-21-25-39(26-22-37)50-60-35-42(48(62-50)41-16-13-29-54-34-41)14-5-3-7-19-46(58)55-30-11-1-2-12-31-56-47(59)20-8-4-6-15-43-36-61-51(40-27-23-38(33-53)24-28-40)63-49(43)44-17-9-10-18-45(44)57/h3-6,9-10,13,16-18,21-29,34,42-43,48-51,57H,1-2,7-8,11-12,14-15,19-20,30-31,35-36H2,(H,55,58)(H,56,59)/b5-3-,6-4-/t42-,43-,48-,49+,50+,51+/m1/s1. The van der Waals surface area contributed by atoms with E-state index < -0.39 is 18.7 Å². The monoisotopic (exact) mass is 851 g/mol. The van der Waals surface area contributed by atoms with Crippen LogP contribution in [0.5, 0.6) is 5.75 Å². The second-order valence-corrected chi connectivity index (χ2v) is 15.9. The van der Waals surface area contributed by atoms with Gasteiger partial charge in [-0.15, -0.1) is 0 Å². The Morgan fingerprint density at radius 3 is 1.68 bits per heavy atom. The number of rotatable bonds is 21. The Morgan fingerprint density at radius 1 is 0.651 bits per heavy atom. The molecule has 12 heteroatoms. The molecule has 0 radical (unpaired) electrons. The van der Waals surface area contributed by atoms with Crippen molar-refractivity contribution in [2.24, 2.45) is 11.8 Å². The van der Waals surface area contributed by atoms with E-state index in [1.54, 1.807) is 42.6 Å². The van der Waals surface area contributed by atoms with Crippen molar-refractivity contribution in [3.05, 3.63) is 155 Å². The van der Waals surface area contributed by atoms with Crippen LogP contribution >= 0.6 is 0 Å². The van der Waals surface area contributed by atoms with Gasteiger partial charge < -0.3 is 34.7 Å². The molecule has 0 unspecified atom stereocenters. The fourth-order valence-electron chi connectivity index (χ4n) is 7.72. The molecular formula is C51H57N5O7. The Labute approximate surface area is 370 Å². The number of amides is 2. The van der Waals surface area contributed by atoms with Crippen LogP contribution in [0.2, 0.25) is 0 Å². The minimum absolute atomic E-state index is 0.0182. The zero-order valence-corrected chi connectivity index (χ0v) is 35.6. The number of carbonyl (C=O) groups excluding carboxylic acids is 2. The molecule has 3 aromatic carbocycles. The third-order valence-corrected chi connectivity index (χ3v) is 11.2. The predicted octanol–water partition coefficient (Wildman–Crippen LogP) is 9.28. The Morgan fingerprint density at radius 2 is 1.17 bits per heavy atom. The first-order valence-electron chi connectivity index (χ1n) is 22.0. The van der Waals surface area contributed by atoms with Crippen LogP contribution in [0.3, 0.4) is 0 Å². The highest BCUT2D eigenvalue weighted by molar-refractivity contribution is 5.76. The molecule has 0 spiro atoms. The molecule has 1 aromatic heterocycles. The topological polar surface area (TPSA) is 176 Å². The van der Waals surface area contributed by atoms with E-state index in [4.69, 9.17) is 29.5 Å². The number of aromatic nitrogens is 1. The second-order valence-electron chi connectivity index (χ2n) is 15.9. The summed E-state index contributed by atoms with van der Waals surface area (Å²) in [6.07, 6.45) is 17.2. The maximum atomic E-state index is 12.5. The number of pyridine rings is 1. The van der Waals surface area contributed by atoms with Crippen LogP contribution in [0.15, 0.2) is 122 Å². The average Bonchev–Trinajstić information content (AvgIpc) is 3.32. The van der Waals surface area contributed by atoms with Gasteiger partial charge >= 0.3 is 0 Å². The number of phenolic OH excluding ortho intramolecular Hbond substituents is 1. The van der Waals surface area contributed by atoms with E-state index in [0.717, 1.165) is 48.8 Å². The number of allylic oxidation sites excluding steroid dienone is 4. The molecule has 63 heavy (non-hydrogen) atoms. The highest BCUT2D eigenvalue weighted by atomic mass is 16.7. The summed E-state index contributed by atoms with van der Waals surface area (Å²) in [6.45, 7) is 2.19. The molecule has 2 amide bonds. The van der Waals surface area contributed by atoms with E-state index in [0.29, 0.717) is 75.1 Å². The van der Waals surface area contributed by atoms with Gasteiger partial charge in [0.2, 0.25) is 11.8 Å². The number of hydrogen-bond acceptors (Lipinski definition) is 10. The van der Waals surface area contributed by atoms with Crippen molar-refractivity contribution < 1.29 is 33.6 Å². The lowest BCUT2D eigenvalue weighted by Crippen LogP contribution is -2.30. The third kappa shape index (κ3) is 14.5. The number of phenols is 1. The first-order chi connectivity index (χ1) is 30.9. The van der Waals surface area contributed by atoms with Gasteiger partial charge in [-0.05, 0) is 80.5 Å². The summed E-state index contributed by atoms with van der Waals surface area (Å²) in [5, 5.41) is 34.9. The zero-order chi connectivity index (χ0) is 44.1. The molecule has 0 bridgehead atoms. The van der Waals surface area contributed by atoms with Crippen LogP contribution in [-0.4, -0.2) is 48.2 Å². The fourth-order valence-corrected chi connectivity index (χ4v) is 7.72. The summed E-state index contributed by atoms with van der Waals surface area (Å²) in [4.78, 5) is 29.2. The number of aromatic hydroxyl groups is 1. The molecule has 2 aliphatic rings. The van der Waals surface area contributed by atoms with Crippen LogP contribution < -0.4 is 10.6 Å². The van der Waals surface area contributed by atoms with Gasteiger partial charge in [-0.2, -0.15) is 10.5 Å². The molecule has 4 aromatic rings. The molecule has 12 nitrogen and oxygen atoms in total.